The Kier molecular flexibility index (Phi) is 9.99. The number of rotatable bonds is 5. The second-order valence-electron chi connectivity index (χ2n) is 5.03. The minimum absolute atomic E-state index is 0. The zero-order valence-corrected chi connectivity index (χ0v) is 11.6. The first-order valence-electron chi connectivity index (χ1n) is 6.70. The van der Waals surface area contributed by atoms with Gasteiger partial charge in [0, 0.05) is 0 Å². The van der Waals surface area contributed by atoms with Crippen molar-refractivity contribution < 1.29 is 0 Å². The summed E-state index contributed by atoms with van der Waals surface area (Å²) in [6.45, 7) is 11.4. The van der Waals surface area contributed by atoms with Crippen LogP contribution in [0.25, 0.3) is 0 Å². The van der Waals surface area contributed by atoms with Gasteiger partial charge in [-0.3, -0.25) is 0 Å². The molecule has 1 aromatic rings. The normalized spacial score (nSPS) is 11.4. The topological polar surface area (TPSA) is 0 Å². The molecular weight excluding hydrogens is 216 g/mol. The van der Waals surface area contributed by atoms with Gasteiger partial charge in [-0.25, -0.2) is 0 Å². The number of hydrogen-bond acceptors (Lipinski definition) is 0. The average molecular weight is 250 g/mol. The van der Waals surface area contributed by atoms with Gasteiger partial charge in [0.05, 0.1) is 0 Å². The summed E-state index contributed by atoms with van der Waals surface area (Å²) < 4.78 is 0. The molecule has 0 nitrogen and oxygen atoms in total. The van der Waals surface area contributed by atoms with Crippen LogP contribution in [0.5, 0.6) is 0 Å². The van der Waals surface area contributed by atoms with Gasteiger partial charge < -0.3 is 0 Å². The highest BCUT2D eigenvalue weighted by Crippen LogP contribution is 2.27. The standard InChI is InChI=1S/C16H26.2CH4/c1-6-8-9-12(3)16-11-14(5)13(4)10-15(16)7-2;;/h10-12H,6-9H2,1-5H3;2*1H4. The van der Waals surface area contributed by atoms with Crippen LogP contribution in [0.4, 0.5) is 0 Å². The third kappa shape index (κ3) is 4.84. The fourth-order valence-corrected chi connectivity index (χ4v) is 2.33. The molecule has 0 aliphatic rings. The molecule has 0 saturated carbocycles. The van der Waals surface area contributed by atoms with Crippen LogP contribution in [0.15, 0.2) is 12.1 Å². The van der Waals surface area contributed by atoms with Gasteiger partial charge in [0.15, 0.2) is 0 Å². The molecule has 1 atom stereocenters. The van der Waals surface area contributed by atoms with Crippen LogP contribution < -0.4 is 0 Å². The smallest absolute Gasteiger partial charge is 0.0188 e. The van der Waals surface area contributed by atoms with Crippen LogP contribution in [-0.4, -0.2) is 0 Å². The minimum Gasteiger partial charge on any atom is -0.0776 e. The van der Waals surface area contributed by atoms with Gasteiger partial charge in [-0.05, 0) is 54.9 Å². The van der Waals surface area contributed by atoms with E-state index < -0.39 is 0 Å². The number of aryl methyl sites for hydroxylation is 3. The van der Waals surface area contributed by atoms with E-state index in [0.29, 0.717) is 5.92 Å². The molecule has 0 saturated heterocycles. The molecule has 0 aromatic heterocycles. The van der Waals surface area contributed by atoms with Crippen molar-refractivity contribution in [1.82, 2.24) is 0 Å². The van der Waals surface area contributed by atoms with E-state index in [0.717, 1.165) is 6.42 Å². The second kappa shape index (κ2) is 9.19. The van der Waals surface area contributed by atoms with Crippen LogP contribution in [0, 0.1) is 13.8 Å². The molecule has 106 valence electrons. The Hall–Kier alpha value is -0.780. The Bertz CT molecular complexity index is 336. The van der Waals surface area contributed by atoms with E-state index in [1.807, 2.05) is 0 Å². The molecule has 0 aliphatic heterocycles. The monoisotopic (exact) mass is 250 g/mol. The summed E-state index contributed by atoms with van der Waals surface area (Å²) in [4.78, 5) is 0. The molecule has 0 heteroatoms. The Balaban J connectivity index is 0. The van der Waals surface area contributed by atoms with E-state index in [9.17, 15) is 0 Å². The zero-order chi connectivity index (χ0) is 12.1. The third-order valence-corrected chi connectivity index (χ3v) is 3.66. The highest BCUT2D eigenvalue weighted by Gasteiger charge is 2.10. The quantitative estimate of drug-likeness (QED) is 0.564. The predicted molar refractivity (Wildman–Crippen MR) is 86.7 cm³/mol. The van der Waals surface area contributed by atoms with Crippen molar-refractivity contribution in [2.75, 3.05) is 0 Å². The maximum absolute atomic E-state index is 2.41. The van der Waals surface area contributed by atoms with Crippen molar-refractivity contribution in [2.45, 2.75) is 81.1 Å². The summed E-state index contributed by atoms with van der Waals surface area (Å²) >= 11 is 0. The lowest BCUT2D eigenvalue weighted by Gasteiger charge is -2.18. The highest BCUT2D eigenvalue weighted by atomic mass is 14.2. The summed E-state index contributed by atoms with van der Waals surface area (Å²) in [7, 11) is 0. The lowest BCUT2D eigenvalue weighted by molar-refractivity contribution is 0.619. The summed E-state index contributed by atoms with van der Waals surface area (Å²) in [6, 6.07) is 4.79. The molecule has 0 N–H and O–H groups in total. The van der Waals surface area contributed by atoms with Gasteiger partial charge in [0.1, 0.15) is 0 Å². The largest absolute Gasteiger partial charge is 0.0776 e. The Morgan fingerprint density at radius 1 is 1.00 bits per heavy atom. The fraction of sp³-hybridized carbons (Fsp3) is 0.667. The van der Waals surface area contributed by atoms with Crippen LogP contribution in [0.2, 0.25) is 0 Å². The van der Waals surface area contributed by atoms with Crippen molar-refractivity contribution in [1.29, 1.82) is 0 Å². The second-order valence-corrected chi connectivity index (χ2v) is 5.03. The first kappa shape index (κ1) is 19.6. The van der Waals surface area contributed by atoms with Crippen molar-refractivity contribution in [3.8, 4) is 0 Å². The minimum atomic E-state index is 0. The molecule has 0 amide bonds. The molecule has 0 radical (unpaired) electrons. The van der Waals surface area contributed by atoms with E-state index in [2.05, 4.69) is 46.8 Å². The van der Waals surface area contributed by atoms with Gasteiger partial charge in [-0.2, -0.15) is 0 Å². The molecule has 0 aliphatic carbocycles. The van der Waals surface area contributed by atoms with Gasteiger partial charge >= 0.3 is 0 Å². The lowest BCUT2D eigenvalue weighted by Crippen LogP contribution is -2.01. The molecule has 0 spiro atoms. The molecular formula is C18H34. The molecule has 1 unspecified atom stereocenters. The number of benzene rings is 1. The Morgan fingerprint density at radius 2 is 1.56 bits per heavy atom. The van der Waals surface area contributed by atoms with Gasteiger partial charge in [0.25, 0.3) is 0 Å². The predicted octanol–water partition coefficient (Wildman–Crippen LogP) is 6.43. The fourth-order valence-electron chi connectivity index (χ4n) is 2.33. The molecule has 18 heavy (non-hydrogen) atoms. The molecule has 1 rings (SSSR count). The SMILES string of the molecule is C.C.CCCCC(C)c1cc(C)c(C)cc1CC. The summed E-state index contributed by atoms with van der Waals surface area (Å²) in [5.74, 6) is 0.717. The lowest BCUT2D eigenvalue weighted by atomic mass is 9.88. The van der Waals surface area contributed by atoms with Crippen LogP contribution in [0.3, 0.4) is 0 Å². The first-order valence-corrected chi connectivity index (χ1v) is 6.70. The maximum Gasteiger partial charge on any atom is -0.0188 e. The van der Waals surface area contributed by atoms with E-state index >= 15 is 0 Å². The van der Waals surface area contributed by atoms with E-state index in [1.54, 1.807) is 11.1 Å². The van der Waals surface area contributed by atoms with E-state index in [4.69, 9.17) is 0 Å². The summed E-state index contributed by atoms with van der Waals surface area (Å²) in [5.41, 5.74) is 6.00. The summed E-state index contributed by atoms with van der Waals surface area (Å²) in [6.07, 6.45) is 5.13. The average Bonchev–Trinajstić information content (AvgIpc) is 2.28. The van der Waals surface area contributed by atoms with Crippen molar-refractivity contribution in [3.05, 3.63) is 34.4 Å². The van der Waals surface area contributed by atoms with E-state index in [1.165, 1.54) is 30.4 Å². The van der Waals surface area contributed by atoms with Gasteiger partial charge in [0.2, 0.25) is 0 Å². The molecule has 0 bridgehead atoms. The number of unbranched alkanes of at least 4 members (excludes halogenated alkanes) is 1. The van der Waals surface area contributed by atoms with Crippen LogP contribution in [0.1, 0.15) is 83.1 Å². The van der Waals surface area contributed by atoms with Crippen molar-refractivity contribution >= 4 is 0 Å². The first-order chi connectivity index (χ1) is 7.60. The maximum atomic E-state index is 2.41. The van der Waals surface area contributed by atoms with Crippen molar-refractivity contribution in [3.63, 3.8) is 0 Å². The molecule has 0 heterocycles. The number of hydrogen-bond donors (Lipinski definition) is 0. The Morgan fingerprint density at radius 3 is 2.06 bits per heavy atom. The summed E-state index contributed by atoms with van der Waals surface area (Å²) in [5, 5.41) is 0. The zero-order valence-electron chi connectivity index (χ0n) is 11.6. The Labute approximate surface area is 116 Å². The van der Waals surface area contributed by atoms with E-state index in [-0.39, 0.29) is 14.9 Å². The van der Waals surface area contributed by atoms with Crippen molar-refractivity contribution in [2.24, 2.45) is 0 Å². The van der Waals surface area contributed by atoms with Gasteiger partial charge in [-0.1, -0.05) is 60.6 Å². The van der Waals surface area contributed by atoms with Gasteiger partial charge in [-0.15, -0.1) is 0 Å². The molecule has 1 aromatic carbocycles. The highest BCUT2D eigenvalue weighted by molar-refractivity contribution is 5.39. The third-order valence-electron chi connectivity index (χ3n) is 3.66. The van der Waals surface area contributed by atoms with Crippen LogP contribution >= 0.6 is 0 Å². The molecule has 0 fully saturated rings. The van der Waals surface area contributed by atoms with Crippen LogP contribution in [-0.2, 0) is 6.42 Å².